The molecule has 1 aliphatic heterocycles. The third-order valence-corrected chi connectivity index (χ3v) is 2.75. The van der Waals surface area contributed by atoms with Crippen molar-refractivity contribution in [1.29, 1.82) is 0 Å². The topological polar surface area (TPSA) is 64.2 Å². The van der Waals surface area contributed by atoms with Gasteiger partial charge in [-0.25, -0.2) is 4.98 Å². The standard InChI is InChI=1S/C10H16N4O/c1-8(5-13-3-2-12-7-13)14-6-9(11)4-10(14)15/h2-3,7-9H,4-6,11H2,1H3. The Morgan fingerprint density at radius 2 is 2.53 bits per heavy atom. The molecule has 1 amide bonds. The maximum atomic E-state index is 11.6. The van der Waals surface area contributed by atoms with E-state index in [1.165, 1.54) is 0 Å². The van der Waals surface area contributed by atoms with E-state index >= 15 is 0 Å². The van der Waals surface area contributed by atoms with E-state index in [1.54, 1.807) is 12.5 Å². The molecule has 82 valence electrons. The van der Waals surface area contributed by atoms with Gasteiger partial charge in [-0.1, -0.05) is 0 Å². The molecule has 2 rings (SSSR count). The first kappa shape index (κ1) is 10.2. The van der Waals surface area contributed by atoms with Crippen molar-refractivity contribution in [1.82, 2.24) is 14.5 Å². The molecule has 0 spiro atoms. The van der Waals surface area contributed by atoms with Crippen molar-refractivity contribution in [3.63, 3.8) is 0 Å². The number of aromatic nitrogens is 2. The molecule has 1 saturated heterocycles. The lowest BCUT2D eigenvalue weighted by Crippen LogP contribution is -2.38. The molecule has 0 radical (unpaired) electrons. The lowest BCUT2D eigenvalue weighted by atomic mass is 10.3. The van der Waals surface area contributed by atoms with Crippen LogP contribution in [-0.4, -0.2) is 39.0 Å². The van der Waals surface area contributed by atoms with Crippen molar-refractivity contribution in [3.8, 4) is 0 Å². The smallest absolute Gasteiger partial charge is 0.224 e. The van der Waals surface area contributed by atoms with E-state index in [4.69, 9.17) is 5.73 Å². The predicted molar refractivity (Wildman–Crippen MR) is 56.0 cm³/mol. The average molecular weight is 208 g/mol. The minimum atomic E-state index is 0.00253. The molecule has 1 fully saturated rings. The maximum absolute atomic E-state index is 11.6. The zero-order chi connectivity index (χ0) is 10.8. The molecule has 2 atom stereocenters. The van der Waals surface area contributed by atoms with Crippen LogP contribution in [-0.2, 0) is 11.3 Å². The Bertz CT molecular complexity index is 335. The van der Waals surface area contributed by atoms with Gasteiger partial charge in [0.1, 0.15) is 0 Å². The number of imidazole rings is 1. The predicted octanol–water partition coefficient (Wildman–Crippen LogP) is -0.169. The van der Waals surface area contributed by atoms with Crippen LogP contribution < -0.4 is 5.73 Å². The van der Waals surface area contributed by atoms with Crippen molar-refractivity contribution >= 4 is 5.91 Å². The number of amides is 1. The Labute approximate surface area is 88.9 Å². The van der Waals surface area contributed by atoms with Gasteiger partial charge in [0, 0.05) is 44.0 Å². The highest BCUT2D eigenvalue weighted by Gasteiger charge is 2.30. The van der Waals surface area contributed by atoms with Crippen LogP contribution in [0.1, 0.15) is 13.3 Å². The van der Waals surface area contributed by atoms with Gasteiger partial charge in [-0.05, 0) is 6.92 Å². The van der Waals surface area contributed by atoms with E-state index in [1.807, 2.05) is 22.6 Å². The fraction of sp³-hybridized carbons (Fsp3) is 0.600. The summed E-state index contributed by atoms with van der Waals surface area (Å²) in [6, 6.07) is 0.183. The number of nitrogens with two attached hydrogens (primary N) is 1. The summed E-state index contributed by atoms with van der Waals surface area (Å²) >= 11 is 0. The zero-order valence-corrected chi connectivity index (χ0v) is 8.84. The number of carbonyl (C=O) groups excluding carboxylic acids is 1. The molecule has 5 heteroatoms. The van der Waals surface area contributed by atoms with Gasteiger partial charge in [0.25, 0.3) is 0 Å². The van der Waals surface area contributed by atoms with Crippen molar-refractivity contribution in [2.75, 3.05) is 6.54 Å². The number of nitrogens with zero attached hydrogens (tertiary/aromatic N) is 3. The van der Waals surface area contributed by atoms with E-state index < -0.39 is 0 Å². The van der Waals surface area contributed by atoms with Gasteiger partial charge in [-0.15, -0.1) is 0 Å². The van der Waals surface area contributed by atoms with Crippen molar-refractivity contribution < 1.29 is 4.79 Å². The summed E-state index contributed by atoms with van der Waals surface area (Å²) in [4.78, 5) is 17.4. The second-order valence-electron chi connectivity index (χ2n) is 4.12. The normalized spacial score (nSPS) is 23.5. The summed E-state index contributed by atoms with van der Waals surface area (Å²) in [6.45, 7) is 3.49. The first-order chi connectivity index (χ1) is 7.16. The summed E-state index contributed by atoms with van der Waals surface area (Å²) in [5.74, 6) is 0.162. The Balaban J connectivity index is 1.96. The number of rotatable bonds is 3. The fourth-order valence-corrected chi connectivity index (χ4v) is 1.98. The summed E-state index contributed by atoms with van der Waals surface area (Å²) in [6.07, 6.45) is 5.88. The van der Waals surface area contributed by atoms with Gasteiger partial charge in [-0.3, -0.25) is 4.79 Å². The van der Waals surface area contributed by atoms with Crippen LogP contribution in [0.15, 0.2) is 18.7 Å². The maximum Gasteiger partial charge on any atom is 0.224 e. The van der Waals surface area contributed by atoms with Crippen LogP contribution in [0.25, 0.3) is 0 Å². The minimum Gasteiger partial charge on any atom is -0.337 e. The molecular formula is C10H16N4O. The molecular weight excluding hydrogens is 192 g/mol. The van der Waals surface area contributed by atoms with Gasteiger partial charge < -0.3 is 15.2 Å². The van der Waals surface area contributed by atoms with Crippen LogP contribution in [0.3, 0.4) is 0 Å². The number of carbonyl (C=O) groups is 1. The monoisotopic (exact) mass is 208 g/mol. The third kappa shape index (κ3) is 2.18. The van der Waals surface area contributed by atoms with Crippen LogP contribution in [0.5, 0.6) is 0 Å². The molecule has 0 bridgehead atoms. The van der Waals surface area contributed by atoms with Crippen molar-refractivity contribution in [2.45, 2.75) is 32.0 Å². The summed E-state index contributed by atoms with van der Waals surface area (Å²) in [5.41, 5.74) is 5.75. The molecule has 15 heavy (non-hydrogen) atoms. The van der Waals surface area contributed by atoms with Crippen LogP contribution >= 0.6 is 0 Å². The fourth-order valence-electron chi connectivity index (χ4n) is 1.98. The lowest BCUT2D eigenvalue weighted by molar-refractivity contribution is -0.129. The largest absolute Gasteiger partial charge is 0.337 e. The average Bonchev–Trinajstić information content (AvgIpc) is 2.75. The minimum absolute atomic E-state index is 0.00253. The van der Waals surface area contributed by atoms with E-state index in [0.29, 0.717) is 13.0 Å². The van der Waals surface area contributed by atoms with Gasteiger partial charge in [0.15, 0.2) is 0 Å². The molecule has 2 unspecified atom stereocenters. The summed E-state index contributed by atoms with van der Waals surface area (Å²) in [7, 11) is 0. The number of hydrogen-bond donors (Lipinski definition) is 1. The van der Waals surface area contributed by atoms with Gasteiger partial charge in [0.2, 0.25) is 5.91 Å². The van der Waals surface area contributed by atoms with Gasteiger partial charge in [-0.2, -0.15) is 0 Å². The summed E-state index contributed by atoms with van der Waals surface area (Å²) in [5, 5.41) is 0. The molecule has 1 aromatic heterocycles. The molecule has 0 saturated carbocycles. The molecule has 1 aromatic rings. The Morgan fingerprint density at radius 3 is 3.07 bits per heavy atom. The first-order valence-electron chi connectivity index (χ1n) is 5.17. The van der Waals surface area contributed by atoms with Crippen LogP contribution in [0.4, 0.5) is 0 Å². The first-order valence-corrected chi connectivity index (χ1v) is 5.17. The number of hydrogen-bond acceptors (Lipinski definition) is 3. The lowest BCUT2D eigenvalue weighted by Gasteiger charge is -2.24. The van der Waals surface area contributed by atoms with E-state index in [-0.39, 0.29) is 18.0 Å². The highest BCUT2D eigenvalue weighted by Crippen LogP contribution is 2.13. The SMILES string of the molecule is CC(Cn1ccnc1)N1CC(N)CC1=O. The third-order valence-electron chi connectivity index (χ3n) is 2.75. The molecule has 0 aliphatic carbocycles. The van der Waals surface area contributed by atoms with Crippen molar-refractivity contribution in [3.05, 3.63) is 18.7 Å². The number of likely N-dealkylation sites (tertiary alicyclic amines) is 1. The van der Waals surface area contributed by atoms with E-state index in [0.717, 1.165) is 6.54 Å². The Hall–Kier alpha value is -1.36. The summed E-state index contributed by atoms with van der Waals surface area (Å²) < 4.78 is 1.97. The van der Waals surface area contributed by atoms with E-state index in [2.05, 4.69) is 4.98 Å². The molecule has 5 nitrogen and oxygen atoms in total. The Morgan fingerprint density at radius 1 is 1.73 bits per heavy atom. The second-order valence-corrected chi connectivity index (χ2v) is 4.12. The van der Waals surface area contributed by atoms with Gasteiger partial charge in [0.05, 0.1) is 6.33 Å². The zero-order valence-electron chi connectivity index (χ0n) is 8.84. The van der Waals surface area contributed by atoms with Crippen molar-refractivity contribution in [2.24, 2.45) is 5.73 Å². The molecule has 2 N–H and O–H groups in total. The second kappa shape index (κ2) is 4.02. The molecule has 1 aliphatic rings. The van der Waals surface area contributed by atoms with Crippen LogP contribution in [0, 0.1) is 0 Å². The quantitative estimate of drug-likeness (QED) is 0.750. The van der Waals surface area contributed by atoms with Crippen LogP contribution in [0.2, 0.25) is 0 Å². The molecule has 0 aromatic carbocycles. The Kier molecular flexibility index (Phi) is 2.73. The molecule has 2 heterocycles. The van der Waals surface area contributed by atoms with E-state index in [9.17, 15) is 4.79 Å². The van der Waals surface area contributed by atoms with Gasteiger partial charge >= 0.3 is 0 Å². The highest BCUT2D eigenvalue weighted by atomic mass is 16.2. The highest BCUT2D eigenvalue weighted by molar-refractivity contribution is 5.79.